The van der Waals surface area contributed by atoms with Crippen molar-refractivity contribution in [3.63, 3.8) is 0 Å². The topological polar surface area (TPSA) is 0 Å². The van der Waals surface area contributed by atoms with Gasteiger partial charge in [0.25, 0.3) is 0 Å². The molecular formula is C24H14. The zero-order chi connectivity index (χ0) is 16.5. The SMILES string of the molecule is C(C#Cc1ccc(C#Cc2ccccc2)cc1)#Cc1ccccc1. The number of hydrogen-bond donors (Lipinski definition) is 0. The standard InChI is InChI=1S/C24H14/c1-3-9-21(10-4-1)13-7-8-14-23-16-19-24(20-17-23)18-15-22-11-5-2-6-12-22/h1-6,9-12,16-17,19-20H. The molecule has 0 spiro atoms. The van der Waals surface area contributed by atoms with Crippen LogP contribution in [0, 0.1) is 35.5 Å². The van der Waals surface area contributed by atoms with E-state index < -0.39 is 0 Å². The Bertz CT molecular complexity index is 976. The summed E-state index contributed by atoms with van der Waals surface area (Å²) in [6.45, 7) is 0. The maximum atomic E-state index is 3.15. The molecule has 0 bridgehead atoms. The molecule has 0 aliphatic rings. The number of hydrogen-bond acceptors (Lipinski definition) is 0. The Kier molecular flexibility index (Phi) is 5.14. The highest BCUT2D eigenvalue weighted by Gasteiger charge is 1.88. The van der Waals surface area contributed by atoms with Gasteiger partial charge in [0.1, 0.15) is 0 Å². The zero-order valence-corrected chi connectivity index (χ0v) is 13.1. The monoisotopic (exact) mass is 302 g/mol. The molecule has 110 valence electrons. The van der Waals surface area contributed by atoms with E-state index in [1.807, 2.05) is 84.9 Å². The van der Waals surface area contributed by atoms with Gasteiger partial charge in [-0.05, 0) is 60.4 Å². The summed E-state index contributed by atoms with van der Waals surface area (Å²) in [6.07, 6.45) is 0. The Morgan fingerprint density at radius 1 is 0.333 bits per heavy atom. The van der Waals surface area contributed by atoms with Crippen LogP contribution in [0.4, 0.5) is 0 Å². The van der Waals surface area contributed by atoms with Gasteiger partial charge in [-0.25, -0.2) is 0 Å². The fraction of sp³-hybridized carbons (Fsp3) is 0. The molecule has 24 heavy (non-hydrogen) atoms. The molecule has 0 N–H and O–H groups in total. The Balaban J connectivity index is 1.67. The quantitative estimate of drug-likeness (QED) is 0.537. The van der Waals surface area contributed by atoms with Gasteiger partial charge in [0.15, 0.2) is 0 Å². The second-order valence-corrected chi connectivity index (χ2v) is 5.06. The van der Waals surface area contributed by atoms with Gasteiger partial charge < -0.3 is 0 Å². The molecule has 0 amide bonds. The highest BCUT2D eigenvalue weighted by molar-refractivity contribution is 5.48. The molecule has 0 aliphatic carbocycles. The largest absolute Gasteiger partial charge is 0.0622 e. The molecule has 3 rings (SSSR count). The third-order valence-corrected chi connectivity index (χ3v) is 3.26. The smallest absolute Gasteiger partial charge is 0.0256 e. The third-order valence-electron chi connectivity index (χ3n) is 3.26. The molecule has 3 aromatic rings. The van der Waals surface area contributed by atoms with E-state index >= 15 is 0 Å². The molecule has 0 atom stereocenters. The van der Waals surface area contributed by atoms with Gasteiger partial charge in [0, 0.05) is 22.3 Å². The molecule has 0 aromatic heterocycles. The van der Waals surface area contributed by atoms with Gasteiger partial charge in [-0.1, -0.05) is 60.1 Å². The van der Waals surface area contributed by atoms with Crippen molar-refractivity contribution in [2.24, 2.45) is 0 Å². The normalized spacial score (nSPS) is 8.67. The Hall–Kier alpha value is -3.66. The molecule has 0 aliphatic heterocycles. The summed E-state index contributed by atoms with van der Waals surface area (Å²) in [5.41, 5.74) is 3.89. The molecular weight excluding hydrogens is 288 g/mol. The van der Waals surface area contributed by atoms with Gasteiger partial charge in [0.2, 0.25) is 0 Å². The minimum Gasteiger partial charge on any atom is -0.0622 e. The van der Waals surface area contributed by atoms with Crippen LogP contribution in [-0.4, -0.2) is 0 Å². The second-order valence-electron chi connectivity index (χ2n) is 5.06. The summed E-state index contributed by atoms with van der Waals surface area (Å²) >= 11 is 0. The van der Waals surface area contributed by atoms with Crippen molar-refractivity contribution in [2.45, 2.75) is 0 Å². The van der Waals surface area contributed by atoms with E-state index in [0.29, 0.717) is 0 Å². The van der Waals surface area contributed by atoms with E-state index in [4.69, 9.17) is 0 Å². The van der Waals surface area contributed by atoms with Crippen LogP contribution in [-0.2, 0) is 0 Å². The lowest BCUT2D eigenvalue weighted by Crippen LogP contribution is -1.78. The molecule has 0 fully saturated rings. The van der Waals surface area contributed by atoms with E-state index in [0.717, 1.165) is 22.3 Å². The van der Waals surface area contributed by atoms with Crippen LogP contribution in [0.2, 0.25) is 0 Å². The summed E-state index contributed by atoms with van der Waals surface area (Å²) in [7, 11) is 0. The van der Waals surface area contributed by atoms with Crippen molar-refractivity contribution in [3.05, 3.63) is 107 Å². The third kappa shape index (κ3) is 4.68. The van der Waals surface area contributed by atoms with Crippen LogP contribution >= 0.6 is 0 Å². The Labute approximate surface area is 143 Å². The van der Waals surface area contributed by atoms with Crippen molar-refractivity contribution in [1.29, 1.82) is 0 Å². The van der Waals surface area contributed by atoms with E-state index in [-0.39, 0.29) is 0 Å². The first-order valence-corrected chi connectivity index (χ1v) is 7.64. The first kappa shape index (κ1) is 15.2. The molecule has 0 radical (unpaired) electrons. The maximum Gasteiger partial charge on any atom is 0.0256 e. The molecule has 0 nitrogen and oxygen atoms in total. The lowest BCUT2D eigenvalue weighted by Gasteiger charge is -1.91. The second kappa shape index (κ2) is 8.10. The number of benzene rings is 3. The van der Waals surface area contributed by atoms with Crippen molar-refractivity contribution >= 4 is 0 Å². The highest BCUT2D eigenvalue weighted by atomic mass is 13.9. The lowest BCUT2D eigenvalue weighted by atomic mass is 10.1. The van der Waals surface area contributed by atoms with Crippen LogP contribution in [0.3, 0.4) is 0 Å². The fourth-order valence-electron chi connectivity index (χ4n) is 2.03. The van der Waals surface area contributed by atoms with Gasteiger partial charge >= 0.3 is 0 Å². The van der Waals surface area contributed by atoms with Crippen LogP contribution in [0.25, 0.3) is 0 Å². The predicted octanol–water partition coefficient (Wildman–Crippen LogP) is 4.49. The van der Waals surface area contributed by atoms with Crippen LogP contribution in [0.1, 0.15) is 22.3 Å². The predicted molar refractivity (Wildman–Crippen MR) is 99.1 cm³/mol. The molecule has 0 heteroatoms. The van der Waals surface area contributed by atoms with Crippen molar-refractivity contribution in [1.82, 2.24) is 0 Å². The van der Waals surface area contributed by atoms with E-state index in [1.54, 1.807) is 0 Å². The first-order chi connectivity index (χ1) is 11.9. The highest BCUT2D eigenvalue weighted by Crippen LogP contribution is 2.03. The summed E-state index contributed by atoms with van der Waals surface area (Å²) in [5, 5.41) is 0. The average molecular weight is 302 g/mol. The average Bonchev–Trinajstić information content (AvgIpc) is 2.66. The Morgan fingerprint density at radius 3 is 1.12 bits per heavy atom. The lowest BCUT2D eigenvalue weighted by molar-refractivity contribution is 1.59. The minimum absolute atomic E-state index is 0.933. The van der Waals surface area contributed by atoms with Crippen molar-refractivity contribution in [2.75, 3.05) is 0 Å². The molecule has 3 aromatic carbocycles. The Morgan fingerprint density at radius 2 is 0.667 bits per heavy atom. The summed E-state index contributed by atoms with van der Waals surface area (Å²) in [5.74, 6) is 18.1. The van der Waals surface area contributed by atoms with Gasteiger partial charge in [-0.15, -0.1) is 0 Å². The summed E-state index contributed by atoms with van der Waals surface area (Å²) < 4.78 is 0. The minimum atomic E-state index is 0.933. The van der Waals surface area contributed by atoms with Crippen LogP contribution in [0.15, 0.2) is 84.9 Å². The molecule has 0 saturated carbocycles. The molecule has 0 heterocycles. The fourth-order valence-corrected chi connectivity index (χ4v) is 2.03. The van der Waals surface area contributed by atoms with Gasteiger partial charge in [-0.3, -0.25) is 0 Å². The van der Waals surface area contributed by atoms with E-state index in [1.165, 1.54) is 0 Å². The van der Waals surface area contributed by atoms with Crippen LogP contribution < -0.4 is 0 Å². The molecule has 0 saturated heterocycles. The number of rotatable bonds is 0. The summed E-state index contributed by atoms with van der Waals surface area (Å²) in [6, 6.07) is 27.7. The van der Waals surface area contributed by atoms with E-state index in [2.05, 4.69) is 35.5 Å². The first-order valence-electron chi connectivity index (χ1n) is 7.64. The van der Waals surface area contributed by atoms with Gasteiger partial charge in [-0.2, -0.15) is 0 Å². The van der Waals surface area contributed by atoms with Gasteiger partial charge in [0.05, 0.1) is 0 Å². The van der Waals surface area contributed by atoms with E-state index in [9.17, 15) is 0 Å². The molecule has 0 unspecified atom stereocenters. The maximum absolute atomic E-state index is 3.15. The summed E-state index contributed by atoms with van der Waals surface area (Å²) in [4.78, 5) is 0. The van der Waals surface area contributed by atoms with Crippen LogP contribution in [0.5, 0.6) is 0 Å². The van der Waals surface area contributed by atoms with Crippen molar-refractivity contribution < 1.29 is 0 Å². The zero-order valence-electron chi connectivity index (χ0n) is 13.1. The van der Waals surface area contributed by atoms with Crippen molar-refractivity contribution in [3.8, 4) is 35.5 Å².